The molecule has 18 heavy (non-hydrogen) atoms. The Morgan fingerprint density at radius 2 is 2.22 bits per heavy atom. The summed E-state index contributed by atoms with van der Waals surface area (Å²) >= 11 is 0. The van der Waals surface area contributed by atoms with Gasteiger partial charge in [0.15, 0.2) is 5.82 Å². The van der Waals surface area contributed by atoms with Crippen LogP contribution >= 0.6 is 0 Å². The van der Waals surface area contributed by atoms with Gasteiger partial charge in [-0.3, -0.25) is 0 Å². The average molecular weight is 245 g/mol. The highest BCUT2D eigenvalue weighted by Gasteiger charge is 2.10. The minimum Gasteiger partial charge on any atom is -0.314 e. The molecule has 0 aliphatic carbocycles. The summed E-state index contributed by atoms with van der Waals surface area (Å²) in [6.07, 6.45) is 4.70. The molecule has 0 saturated carbocycles. The third-order valence-electron chi connectivity index (χ3n) is 2.86. The van der Waals surface area contributed by atoms with Crippen LogP contribution in [0.25, 0.3) is 11.4 Å². The molecule has 0 spiro atoms. The number of allylic oxidation sites excluding steroid dienone is 1. The van der Waals surface area contributed by atoms with Crippen LogP contribution in [0.15, 0.2) is 36.9 Å². The van der Waals surface area contributed by atoms with Crippen LogP contribution in [0.2, 0.25) is 0 Å². The van der Waals surface area contributed by atoms with Crippen LogP contribution in [0.4, 0.5) is 4.39 Å². The predicted octanol–water partition coefficient (Wildman–Crippen LogP) is 3.13. The monoisotopic (exact) mass is 245 g/mol. The largest absolute Gasteiger partial charge is 0.314 e. The predicted molar refractivity (Wildman–Crippen MR) is 69.5 cm³/mol. The maximum atomic E-state index is 13.2. The van der Waals surface area contributed by atoms with Crippen molar-refractivity contribution < 1.29 is 4.39 Å². The van der Waals surface area contributed by atoms with Gasteiger partial charge in [-0.1, -0.05) is 18.2 Å². The molecule has 1 aromatic carbocycles. The Bertz CT molecular complexity index is 546. The average Bonchev–Trinajstić information content (AvgIpc) is 2.72. The number of halogens is 1. The van der Waals surface area contributed by atoms with Crippen molar-refractivity contribution in [2.24, 2.45) is 7.05 Å². The molecule has 1 heterocycles. The first-order chi connectivity index (χ1) is 8.72. The summed E-state index contributed by atoms with van der Waals surface area (Å²) in [5, 5.41) is 8.28. The smallest absolute Gasteiger partial charge is 0.163 e. The Hall–Kier alpha value is -1.97. The van der Waals surface area contributed by atoms with Gasteiger partial charge in [0.25, 0.3) is 0 Å². The van der Waals surface area contributed by atoms with Crippen LogP contribution in [0.5, 0.6) is 0 Å². The van der Waals surface area contributed by atoms with E-state index in [1.54, 1.807) is 6.07 Å². The number of hydrogen-bond donors (Lipinski definition) is 0. The number of nitrogens with zero attached hydrogens (tertiary/aromatic N) is 3. The molecule has 0 aliphatic rings. The number of rotatable bonds is 5. The van der Waals surface area contributed by atoms with Crippen LogP contribution in [0.3, 0.4) is 0 Å². The molecule has 2 aromatic rings. The van der Waals surface area contributed by atoms with Gasteiger partial charge in [-0.05, 0) is 25.0 Å². The lowest BCUT2D eigenvalue weighted by Gasteiger charge is -2.03. The topological polar surface area (TPSA) is 30.7 Å². The minimum atomic E-state index is -0.260. The van der Waals surface area contributed by atoms with Gasteiger partial charge in [0.05, 0.1) is 0 Å². The molecule has 4 heteroatoms. The van der Waals surface area contributed by atoms with Gasteiger partial charge in [0.2, 0.25) is 0 Å². The van der Waals surface area contributed by atoms with Crippen molar-refractivity contribution in [3.8, 4) is 11.4 Å². The molecule has 0 radical (unpaired) electrons. The van der Waals surface area contributed by atoms with Gasteiger partial charge in [-0.25, -0.2) is 4.39 Å². The number of aromatic nitrogens is 3. The van der Waals surface area contributed by atoms with Crippen LogP contribution in [0.1, 0.15) is 18.7 Å². The van der Waals surface area contributed by atoms with E-state index >= 15 is 0 Å². The van der Waals surface area contributed by atoms with Gasteiger partial charge < -0.3 is 4.57 Å². The molecule has 0 unspecified atom stereocenters. The van der Waals surface area contributed by atoms with E-state index in [2.05, 4.69) is 16.8 Å². The Morgan fingerprint density at radius 1 is 1.39 bits per heavy atom. The van der Waals surface area contributed by atoms with Gasteiger partial charge in [0.1, 0.15) is 11.6 Å². The molecule has 94 valence electrons. The first-order valence-corrected chi connectivity index (χ1v) is 5.97. The molecule has 0 bridgehead atoms. The van der Waals surface area contributed by atoms with E-state index in [1.807, 2.05) is 23.8 Å². The lowest BCUT2D eigenvalue weighted by atomic mass is 10.2. The first kappa shape index (κ1) is 12.5. The lowest BCUT2D eigenvalue weighted by molar-refractivity contribution is 0.628. The van der Waals surface area contributed by atoms with E-state index < -0.39 is 0 Å². The van der Waals surface area contributed by atoms with Gasteiger partial charge in [-0.15, -0.1) is 16.8 Å². The number of aryl methyl sites for hydroxylation is 1. The third kappa shape index (κ3) is 2.64. The minimum absolute atomic E-state index is 0.260. The van der Waals surface area contributed by atoms with E-state index in [9.17, 15) is 4.39 Å². The van der Waals surface area contributed by atoms with Crippen molar-refractivity contribution >= 4 is 0 Å². The van der Waals surface area contributed by atoms with Crippen molar-refractivity contribution in [2.45, 2.75) is 19.3 Å². The zero-order chi connectivity index (χ0) is 13.0. The quantitative estimate of drug-likeness (QED) is 0.598. The highest BCUT2D eigenvalue weighted by molar-refractivity contribution is 5.55. The molecule has 3 nitrogen and oxygen atoms in total. The van der Waals surface area contributed by atoms with E-state index in [0.29, 0.717) is 5.82 Å². The Balaban J connectivity index is 2.22. The molecular formula is C14H16FN3. The second kappa shape index (κ2) is 5.58. The molecule has 2 rings (SSSR count). The number of hydrogen-bond acceptors (Lipinski definition) is 2. The Labute approximate surface area is 106 Å². The van der Waals surface area contributed by atoms with Crippen LogP contribution in [-0.2, 0) is 13.5 Å². The van der Waals surface area contributed by atoms with Gasteiger partial charge in [-0.2, -0.15) is 0 Å². The van der Waals surface area contributed by atoms with E-state index in [4.69, 9.17) is 0 Å². The molecule has 0 fully saturated rings. The van der Waals surface area contributed by atoms with E-state index in [1.165, 1.54) is 12.1 Å². The molecule has 0 amide bonds. The first-order valence-electron chi connectivity index (χ1n) is 5.97. The highest BCUT2D eigenvalue weighted by atomic mass is 19.1. The Kier molecular flexibility index (Phi) is 3.87. The standard InChI is InChI=1S/C14H16FN3/c1-3-4-5-9-13-16-17-14(18(13)2)11-7-6-8-12(15)10-11/h3,6-8,10H,1,4-5,9H2,2H3. The summed E-state index contributed by atoms with van der Waals surface area (Å²) in [6.45, 7) is 3.69. The molecule has 0 saturated heterocycles. The van der Waals surface area contributed by atoms with Crippen molar-refractivity contribution in [1.82, 2.24) is 14.8 Å². The van der Waals surface area contributed by atoms with Crippen molar-refractivity contribution in [3.05, 3.63) is 48.6 Å². The highest BCUT2D eigenvalue weighted by Crippen LogP contribution is 2.18. The van der Waals surface area contributed by atoms with Crippen LogP contribution in [-0.4, -0.2) is 14.8 Å². The molecular weight excluding hydrogens is 229 g/mol. The second-order valence-electron chi connectivity index (χ2n) is 4.19. The lowest BCUT2D eigenvalue weighted by Crippen LogP contribution is -1.99. The molecule has 0 aliphatic heterocycles. The van der Waals surface area contributed by atoms with Crippen molar-refractivity contribution in [3.63, 3.8) is 0 Å². The number of benzene rings is 1. The summed E-state index contributed by atoms with van der Waals surface area (Å²) in [7, 11) is 1.91. The molecule has 1 aromatic heterocycles. The summed E-state index contributed by atoms with van der Waals surface area (Å²) in [5.41, 5.74) is 0.750. The fourth-order valence-electron chi connectivity index (χ4n) is 1.86. The zero-order valence-corrected chi connectivity index (χ0v) is 10.4. The van der Waals surface area contributed by atoms with Gasteiger partial charge >= 0.3 is 0 Å². The SMILES string of the molecule is C=CCCCc1nnc(-c2cccc(F)c2)n1C. The van der Waals surface area contributed by atoms with Crippen LogP contribution in [0, 0.1) is 5.82 Å². The van der Waals surface area contributed by atoms with Crippen molar-refractivity contribution in [2.75, 3.05) is 0 Å². The van der Waals surface area contributed by atoms with Gasteiger partial charge in [0, 0.05) is 19.0 Å². The fourth-order valence-corrected chi connectivity index (χ4v) is 1.86. The zero-order valence-electron chi connectivity index (χ0n) is 10.4. The summed E-state index contributed by atoms with van der Waals surface area (Å²) in [6, 6.07) is 6.40. The molecule has 0 atom stereocenters. The number of unbranched alkanes of at least 4 members (excludes halogenated alkanes) is 1. The van der Waals surface area contributed by atoms with E-state index in [-0.39, 0.29) is 5.82 Å². The third-order valence-corrected chi connectivity index (χ3v) is 2.86. The Morgan fingerprint density at radius 3 is 2.94 bits per heavy atom. The summed E-state index contributed by atoms with van der Waals surface area (Å²) in [4.78, 5) is 0. The normalized spacial score (nSPS) is 10.6. The van der Waals surface area contributed by atoms with Crippen LogP contribution < -0.4 is 0 Å². The maximum Gasteiger partial charge on any atom is 0.163 e. The fraction of sp³-hybridized carbons (Fsp3) is 0.286. The summed E-state index contributed by atoms with van der Waals surface area (Å²) < 4.78 is 15.1. The summed E-state index contributed by atoms with van der Waals surface area (Å²) in [5.74, 6) is 1.35. The second-order valence-corrected chi connectivity index (χ2v) is 4.19. The van der Waals surface area contributed by atoms with E-state index in [0.717, 1.165) is 30.7 Å². The van der Waals surface area contributed by atoms with Crippen molar-refractivity contribution in [1.29, 1.82) is 0 Å². The maximum absolute atomic E-state index is 13.2. The molecule has 0 N–H and O–H groups in total.